The van der Waals surface area contributed by atoms with Crippen molar-refractivity contribution in [2.24, 2.45) is 5.73 Å². The van der Waals surface area contributed by atoms with Crippen molar-refractivity contribution < 1.29 is 22.9 Å². The Balaban J connectivity index is 3.22. The van der Waals surface area contributed by atoms with E-state index in [1.54, 1.807) is 0 Å². The van der Waals surface area contributed by atoms with Gasteiger partial charge in [-0.3, -0.25) is 14.9 Å². The average molecular weight is 323 g/mol. The quantitative estimate of drug-likeness (QED) is 0.474. The molecule has 0 saturated heterocycles. The van der Waals surface area contributed by atoms with Gasteiger partial charge in [-0.25, -0.2) is 8.42 Å². The van der Waals surface area contributed by atoms with Gasteiger partial charge in [0, 0.05) is 16.7 Å². The third kappa shape index (κ3) is 4.07. The van der Waals surface area contributed by atoms with Gasteiger partial charge in [0.15, 0.2) is 5.75 Å². The van der Waals surface area contributed by atoms with Crippen LogP contribution < -0.4 is 10.5 Å². The standard InChI is InChI=1S/C10H11ClN2O6S/c1-6-4-8(19-3-2-10(12)14)7(13(15)16)5-9(6)20(11,17)18/h4-5H,2-3H2,1H3,(H2,12,14). The van der Waals surface area contributed by atoms with Gasteiger partial charge in [-0.05, 0) is 18.6 Å². The number of nitrogens with two attached hydrogens (primary N) is 1. The van der Waals surface area contributed by atoms with Crippen LogP contribution in [0.15, 0.2) is 17.0 Å². The summed E-state index contributed by atoms with van der Waals surface area (Å²) in [6.07, 6.45) is -0.119. The highest BCUT2D eigenvalue weighted by atomic mass is 35.7. The summed E-state index contributed by atoms with van der Waals surface area (Å²) in [5.74, 6) is -0.776. The van der Waals surface area contributed by atoms with E-state index in [0.717, 1.165) is 6.07 Å². The average Bonchev–Trinajstić information content (AvgIpc) is 2.26. The van der Waals surface area contributed by atoms with E-state index in [0.29, 0.717) is 0 Å². The van der Waals surface area contributed by atoms with Gasteiger partial charge in [0.05, 0.1) is 22.8 Å². The Morgan fingerprint density at radius 1 is 1.50 bits per heavy atom. The molecule has 0 fully saturated rings. The molecule has 0 saturated carbocycles. The summed E-state index contributed by atoms with van der Waals surface area (Å²) >= 11 is 0. The molecular weight excluding hydrogens is 312 g/mol. The number of benzene rings is 1. The first-order valence-corrected chi connectivity index (χ1v) is 7.58. The van der Waals surface area contributed by atoms with Crippen molar-refractivity contribution in [1.29, 1.82) is 0 Å². The number of nitro benzene ring substituents is 1. The van der Waals surface area contributed by atoms with Crippen LogP contribution in [0.1, 0.15) is 12.0 Å². The first-order valence-electron chi connectivity index (χ1n) is 5.27. The van der Waals surface area contributed by atoms with Crippen LogP contribution in [0.5, 0.6) is 5.75 Å². The maximum absolute atomic E-state index is 11.3. The van der Waals surface area contributed by atoms with Gasteiger partial charge >= 0.3 is 5.69 Å². The van der Waals surface area contributed by atoms with Crippen LogP contribution >= 0.6 is 10.7 Å². The summed E-state index contributed by atoms with van der Waals surface area (Å²) in [5, 5.41) is 10.9. The number of ether oxygens (including phenoxy) is 1. The molecule has 110 valence electrons. The number of primary amides is 1. The Kier molecular flexibility index (Phi) is 4.90. The van der Waals surface area contributed by atoms with Crippen molar-refractivity contribution in [2.45, 2.75) is 18.2 Å². The summed E-state index contributed by atoms with van der Waals surface area (Å²) in [6, 6.07) is 1.99. The number of aryl methyl sites for hydroxylation is 1. The zero-order chi connectivity index (χ0) is 15.5. The van der Waals surface area contributed by atoms with Crippen molar-refractivity contribution >= 4 is 31.3 Å². The fourth-order valence-corrected chi connectivity index (χ4v) is 2.63. The molecule has 0 radical (unpaired) electrons. The molecule has 0 heterocycles. The third-order valence-corrected chi connectivity index (χ3v) is 3.79. The molecular formula is C10H11ClN2O6S. The topological polar surface area (TPSA) is 130 Å². The molecule has 0 aliphatic carbocycles. The van der Waals surface area contributed by atoms with E-state index in [1.807, 2.05) is 0 Å². The van der Waals surface area contributed by atoms with Crippen LogP contribution in [-0.2, 0) is 13.8 Å². The minimum atomic E-state index is -4.10. The van der Waals surface area contributed by atoms with Crippen molar-refractivity contribution in [3.63, 3.8) is 0 Å². The number of rotatable bonds is 6. The van der Waals surface area contributed by atoms with E-state index in [2.05, 4.69) is 0 Å². The van der Waals surface area contributed by atoms with Crippen molar-refractivity contribution in [3.8, 4) is 5.75 Å². The summed E-state index contributed by atoms with van der Waals surface area (Å²) < 4.78 is 27.6. The largest absolute Gasteiger partial charge is 0.486 e. The first kappa shape index (κ1) is 16.2. The number of carbonyl (C=O) groups excluding carboxylic acids is 1. The van der Waals surface area contributed by atoms with Crippen LogP contribution in [-0.4, -0.2) is 25.9 Å². The molecule has 1 aromatic carbocycles. The van der Waals surface area contributed by atoms with Gasteiger partial charge < -0.3 is 10.5 Å². The molecule has 1 rings (SSSR count). The molecule has 1 amide bonds. The van der Waals surface area contributed by atoms with Crippen LogP contribution in [0.4, 0.5) is 5.69 Å². The highest BCUT2D eigenvalue weighted by molar-refractivity contribution is 8.13. The predicted molar refractivity (Wildman–Crippen MR) is 70.2 cm³/mol. The number of hydrogen-bond acceptors (Lipinski definition) is 6. The van der Waals surface area contributed by atoms with Crippen molar-refractivity contribution in [3.05, 3.63) is 27.8 Å². The second-order valence-corrected chi connectivity index (χ2v) is 6.38. The lowest BCUT2D eigenvalue weighted by molar-refractivity contribution is -0.386. The normalized spacial score (nSPS) is 11.1. The Morgan fingerprint density at radius 2 is 2.10 bits per heavy atom. The monoisotopic (exact) mass is 322 g/mol. The van der Waals surface area contributed by atoms with E-state index >= 15 is 0 Å². The van der Waals surface area contributed by atoms with Crippen molar-refractivity contribution in [2.75, 3.05) is 6.61 Å². The molecule has 8 nitrogen and oxygen atoms in total. The Hall–Kier alpha value is -1.87. The van der Waals surface area contributed by atoms with Gasteiger partial charge in [-0.2, -0.15) is 0 Å². The van der Waals surface area contributed by atoms with Crippen LogP contribution in [0.3, 0.4) is 0 Å². The summed E-state index contributed by atoms with van der Waals surface area (Å²) in [4.78, 5) is 20.3. The molecule has 20 heavy (non-hydrogen) atoms. The molecule has 0 unspecified atom stereocenters. The van der Waals surface area contributed by atoms with Crippen molar-refractivity contribution in [1.82, 2.24) is 0 Å². The number of hydrogen-bond donors (Lipinski definition) is 1. The summed E-state index contributed by atoms with van der Waals surface area (Å²) in [7, 11) is 1.08. The van der Waals surface area contributed by atoms with Gasteiger partial charge in [-0.1, -0.05) is 0 Å². The SMILES string of the molecule is Cc1cc(OCCC(N)=O)c([N+](=O)[O-])cc1S(=O)(=O)Cl. The number of amides is 1. The number of nitrogens with zero attached hydrogens (tertiary/aromatic N) is 1. The lowest BCUT2D eigenvalue weighted by Gasteiger charge is -2.09. The molecule has 0 spiro atoms. The lowest BCUT2D eigenvalue weighted by atomic mass is 10.2. The first-order chi connectivity index (χ1) is 9.12. The number of carbonyl (C=O) groups is 1. The third-order valence-electron chi connectivity index (χ3n) is 2.32. The smallest absolute Gasteiger partial charge is 0.312 e. The summed E-state index contributed by atoms with van der Waals surface area (Å²) in [5.41, 5.74) is 4.55. The lowest BCUT2D eigenvalue weighted by Crippen LogP contribution is -2.15. The second-order valence-electron chi connectivity index (χ2n) is 3.85. The van der Waals surface area contributed by atoms with E-state index < -0.39 is 25.6 Å². The molecule has 0 bridgehead atoms. The van der Waals surface area contributed by atoms with Crippen LogP contribution in [0.25, 0.3) is 0 Å². The zero-order valence-electron chi connectivity index (χ0n) is 10.3. The summed E-state index contributed by atoms with van der Waals surface area (Å²) in [6.45, 7) is 1.27. The minimum Gasteiger partial charge on any atom is -0.486 e. The van der Waals surface area contributed by atoms with Crippen LogP contribution in [0.2, 0.25) is 0 Å². The number of nitro groups is 1. The Labute approximate surface area is 119 Å². The molecule has 0 aliphatic heterocycles. The molecule has 0 atom stereocenters. The van der Waals surface area contributed by atoms with Crippen LogP contribution in [0, 0.1) is 17.0 Å². The fourth-order valence-electron chi connectivity index (χ4n) is 1.43. The Morgan fingerprint density at radius 3 is 2.55 bits per heavy atom. The zero-order valence-corrected chi connectivity index (χ0v) is 11.9. The molecule has 1 aromatic rings. The van der Waals surface area contributed by atoms with E-state index in [1.165, 1.54) is 13.0 Å². The van der Waals surface area contributed by atoms with Gasteiger partial charge in [0.2, 0.25) is 5.91 Å². The maximum atomic E-state index is 11.3. The molecule has 0 aromatic heterocycles. The van der Waals surface area contributed by atoms with E-state index in [9.17, 15) is 23.3 Å². The van der Waals surface area contributed by atoms with Gasteiger partial charge in [0.25, 0.3) is 9.05 Å². The van der Waals surface area contributed by atoms with Gasteiger partial charge in [0.1, 0.15) is 0 Å². The van der Waals surface area contributed by atoms with E-state index in [4.69, 9.17) is 21.2 Å². The molecule has 2 N–H and O–H groups in total. The highest BCUT2D eigenvalue weighted by Crippen LogP contribution is 2.33. The molecule has 0 aliphatic rings. The highest BCUT2D eigenvalue weighted by Gasteiger charge is 2.23. The maximum Gasteiger partial charge on any atom is 0.312 e. The Bertz CT molecular complexity index is 658. The number of halogens is 1. The minimum absolute atomic E-state index is 0.119. The van der Waals surface area contributed by atoms with E-state index in [-0.39, 0.29) is 29.2 Å². The fraction of sp³-hybridized carbons (Fsp3) is 0.300. The molecule has 10 heteroatoms. The predicted octanol–water partition coefficient (Wildman–Crippen LogP) is 1.08. The van der Waals surface area contributed by atoms with Gasteiger partial charge in [-0.15, -0.1) is 0 Å². The second kappa shape index (κ2) is 6.06.